The predicted molar refractivity (Wildman–Crippen MR) is 88.1 cm³/mol. The molecule has 21 heavy (non-hydrogen) atoms. The van der Waals surface area contributed by atoms with Crippen molar-refractivity contribution in [3.63, 3.8) is 0 Å². The van der Waals surface area contributed by atoms with Crippen molar-refractivity contribution in [1.82, 2.24) is 5.32 Å². The first kappa shape index (κ1) is 15.2. The van der Waals surface area contributed by atoms with Crippen molar-refractivity contribution in [2.75, 3.05) is 20.2 Å². The molecule has 0 aromatic heterocycles. The summed E-state index contributed by atoms with van der Waals surface area (Å²) in [6.07, 6.45) is 6.47. The second kappa shape index (κ2) is 6.18. The molecule has 1 N–H and O–H groups in total. The Morgan fingerprint density at radius 1 is 1.33 bits per heavy atom. The quantitative estimate of drug-likeness (QED) is 0.758. The zero-order valence-corrected chi connectivity index (χ0v) is 13.9. The Balaban J connectivity index is 1.76. The third-order valence-corrected chi connectivity index (χ3v) is 5.43. The molecule has 2 atom stereocenters. The van der Waals surface area contributed by atoms with Crippen molar-refractivity contribution >= 4 is 11.6 Å². The van der Waals surface area contributed by atoms with Crippen LogP contribution in [0.1, 0.15) is 38.2 Å². The lowest BCUT2D eigenvalue weighted by molar-refractivity contribution is 0.246. The molecule has 2 unspecified atom stereocenters. The summed E-state index contributed by atoms with van der Waals surface area (Å²) in [5, 5.41) is 4.47. The van der Waals surface area contributed by atoms with Gasteiger partial charge in [0, 0.05) is 11.6 Å². The number of hydrogen-bond donors (Lipinski definition) is 1. The third-order valence-electron chi connectivity index (χ3n) is 5.19. The standard InChI is InChI=1S/C18H26ClNO/c1-3-6-20-12-18(9-13-7-14(13)10-18)11-15-8-16(19)4-5-17(15)21-2/h4-5,8,13-14,20H,3,6-7,9-12H2,1-2H3. The Hall–Kier alpha value is -0.730. The van der Waals surface area contributed by atoms with Crippen LogP contribution in [0.4, 0.5) is 0 Å². The van der Waals surface area contributed by atoms with Crippen molar-refractivity contribution in [3.8, 4) is 5.75 Å². The maximum atomic E-state index is 6.20. The fraction of sp³-hybridized carbons (Fsp3) is 0.667. The summed E-state index contributed by atoms with van der Waals surface area (Å²) < 4.78 is 5.54. The predicted octanol–water partition coefficient (Wildman–Crippen LogP) is 4.31. The van der Waals surface area contributed by atoms with Crippen LogP contribution in [0.2, 0.25) is 5.02 Å². The van der Waals surface area contributed by atoms with E-state index in [1.54, 1.807) is 7.11 Å². The lowest BCUT2D eigenvalue weighted by Crippen LogP contribution is -2.35. The van der Waals surface area contributed by atoms with E-state index >= 15 is 0 Å². The fourth-order valence-corrected chi connectivity index (χ4v) is 4.37. The molecule has 2 aliphatic carbocycles. The summed E-state index contributed by atoms with van der Waals surface area (Å²) in [4.78, 5) is 0. The highest BCUT2D eigenvalue weighted by atomic mass is 35.5. The highest BCUT2D eigenvalue weighted by molar-refractivity contribution is 6.30. The molecule has 0 radical (unpaired) electrons. The highest BCUT2D eigenvalue weighted by Crippen LogP contribution is 2.60. The maximum Gasteiger partial charge on any atom is 0.122 e. The van der Waals surface area contributed by atoms with Crippen molar-refractivity contribution in [3.05, 3.63) is 28.8 Å². The van der Waals surface area contributed by atoms with Crippen LogP contribution < -0.4 is 10.1 Å². The first-order valence-electron chi connectivity index (χ1n) is 8.19. The lowest BCUT2D eigenvalue weighted by atomic mass is 9.77. The minimum atomic E-state index is 0.403. The zero-order chi connectivity index (χ0) is 14.9. The van der Waals surface area contributed by atoms with Crippen molar-refractivity contribution in [2.45, 2.75) is 39.0 Å². The number of rotatable bonds is 7. The minimum Gasteiger partial charge on any atom is -0.496 e. The molecule has 0 aliphatic heterocycles. The second-order valence-electron chi connectivity index (χ2n) is 6.97. The molecular weight excluding hydrogens is 282 g/mol. The van der Waals surface area contributed by atoms with Gasteiger partial charge in [-0.2, -0.15) is 0 Å². The van der Waals surface area contributed by atoms with E-state index in [-0.39, 0.29) is 0 Å². The average Bonchev–Trinajstić information content (AvgIpc) is 3.07. The van der Waals surface area contributed by atoms with Crippen LogP contribution in [0, 0.1) is 17.3 Å². The van der Waals surface area contributed by atoms with E-state index in [4.69, 9.17) is 16.3 Å². The van der Waals surface area contributed by atoms with E-state index < -0.39 is 0 Å². The summed E-state index contributed by atoms with van der Waals surface area (Å²) in [6.45, 7) is 4.47. The van der Waals surface area contributed by atoms with Gasteiger partial charge in [-0.3, -0.25) is 0 Å². The molecule has 0 saturated heterocycles. The summed E-state index contributed by atoms with van der Waals surface area (Å²) in [5.74, 6) is 2.95. The molecular formula is C18H26ClNO. The van der Waals surface area contributed by atoms with Crippen LogP contribution in [-0.2, 0) is 6.42 Å². The number of hydrogen-bond acceptors (Lipinski definition) is 2. The summed E-state index contributed by atoms with van der Waals surface area (Å²) >= 11 is 6.20. The van der Waals surface area contributed by atoms with Crippen LogP contribution in [0.25, 0.3) is 0 Å². The topological polar surface area (TPSA) is 21.3 Å². The smallest absolute Gasteiger partial charge is 0.122 e. The molecule has 0 spiro atoms. The molecule has 2 aliphatic rings. The van der Waals surface area contributed by atoms with Crippen molar-refractivity contribution in [2.24, 2.45) is 17.3 Å². The lowest BCUT2D eigenvalue weighted by Gasteiger charge is -2.32. The van der Waals surface area contributed by atoms with Gasteiger partial charge >= 0.3 is 0 Å². The van der Waals surface area contributed by atoms with E-state index in [2.05, 4.69) is 18.3 Å². The van der Waals surface area contributed by atoms with Crippen molar-refractivity contribution in [1.29, 1.82) is 0 Å². The average molecular weight is 308 g/mol. The third kappa shape index (κ3) is 3.37. The molecule has 3 heteroatoms. The molecule has 3 rings (SSSR count). The molecule has 2 saturated carbocycles. The van der Waals surface area contributed by atoms with Gasteiger partial charge in [0.05, 0.1) is 7.11 Å². The van der Waals surface area contributed by atoms with Gasteiger partial charge in [0.2, 0.25) is 0 Å². The SMILES string of the molecule is CCCNCC1(Cc2cc(Cl)ccc2OC)CC2CC2C1. The maximum absolute atomic E-state index is 6.20. The van der Waals surface area contributed by atoms with E-state index in [0.29, 0.717) is 5.41 Å². The normalized spacial score (nSPS) is 30.2. The van der Waals surface area contributed by atoms with Gasteiger partial charge in [-0.15, -0.1) is 0 Å². The first-order chi connectivity index (χ1) is 10.2. The van der Waals surface area contributed by atoms with E-state index in [1.807, 2.05) is 12.1 Å². The molecule has 2 fully saturated rings. The van der Waals surface area contributed by atoms with E-state index in [1.165, 1.54) is 31.2 Å². The monoisotopic (exact) mass is 307 g/mol. The number of methoxy groups -OCH3 is 1. The zero-order valence-electron chi connectivity index (χ0n) is 13.1. The summed E-state index contributed by atoms with van der Waals surface area (Å²) in [5.41, 5.74) is 1.67. The Kier molecular flexibility index (Phi) is 4.46. The molecule has 0 bridgehead atoms. The van der Waals surface area contributed by atoms with Crippen LogP contribution in [0.5, 0.6) is 5.75 Å². The number of fused-ring (bicyclic) bond motifs is 1. The van der Waals surface area contributed by atoms with Gasteiger partial charge in [0.25, 0.3) is 0 Å². The fourth-order valence-electron chi connectivity index (χ4n) is 4.18. The number of benzene rings is 1. The molecule has 0 heterocycles. The van der Waals surface area contributed by atoms with Crippen LogP contribution in [-0.4, -0.2) is 20.2 Å². The Morgan fingerprint density at radius 3 is 2.76 bits per heavy atom. The first-order valence-corrected chi connectivity index (χ1v) is 8.57. The van der Waals surface area contributed by atoms with Gasteiger partial charge in [0.1, 0.15) is 5.75 Å². The highest BCUT2D eigenvalue weighted by Gasteiger charge is 2.53. The van der Waals surface area contributed by atoms with Gasteiger partial charge < -0.3 is 10.1 Å². The van der Waals surface area contributed by atoms with Gasteiger partial charge in [0.15, 0.2) is 0 Å². The van der Waals surface area contributed by atoms with Crippen molar-refractivity contribution < 1.29 is 4.74 Å². The van der Waals surface area contributed by atoms with E-state index in [9.17, 15) is 0 Å². The molecule has 0 amide bonds. The van der Waals surface area contributed by atoms with Crippen LogP contribution in [0.3, 0.4) is 0 Å². The van der Waals surface area contributed by atoms with Gasteiger partial charge in [-0.1, -0.05) is 18.5 Å². The Labute approximate surface area is 133 Å². The van der Waals surface area contributed by atoms with Gasteiger partial charge in [-0.05, 0) is 79.7 Å². The Bertz CT molecular complexity index is 492. The number of halogens is 1. The number of nitrogens with one attached hydrogen (secondary N) is 1. The largest absolute Gasteiger partial charge is 0.496 e. The van der Waals surface area contributed by atoms with Crippen LogP contribution in [0.15, 0.2) is 18.2 Å². The second-order valence-corrected chi connectivity index (χ2v) is 7.41. The molecule has 1 aromatic rings. The van der Waals surface area contributed by atoms with E-state index in [0.717, 1.165) is 42.1 Å². The number of ether oxygens (including phenoxy) is 1. The minimum absolute atomic E-state index is 0.403. The summed E-state index contributed by atoms with van der Waals surface area (Å²) in [6, 6.07) is 6.00. The van der Waals surface area contributed by atoms with Crippen LogP contribution >= 0.6 is 11.6 Å². The van der Waals surface area contributed by atoms with Gasteiger partial charge in [-0.25, -0.2) is 0 Å². The Morgan fingerprint density at radius 2 is 2.10 bits per heavy atom. The molecule has 1 aromatic carbocycles. The molecule has 116 valence electrons. The molecule has 2 nitrogen and oxygen atoms in total. The summed E-state index contributed by atoms with van der Waals surface area (Å²) in [7, 11) is 1.75.